The predicted molar refractivity (Wildman–Crippen MR) is 97.9 cm³/mol. The summed E-state index contributed by atoms with van der Waals surface area (Å²) in [7, 11) is 0. The molecule has 2 unspecified atom stereocenters. The summed E-state index contributed by atoms with van der Waals surface area (Å²) in [4.78, 5) is 25.1. The Morgan fingerprint density at radius 3 is 2.38 bits per heavy atom. The van der Waals surface area contributed by atoms with Gasteiger partial charge in [0.15, 0.2) is 0 Å². The molecule has 24 heavy (non-hydrogen) atoms. The molecule has 4 heteroatoms. The monoisotopic (exact) mass is 339 g/mol. The molecule has 1 aliphatic rings. The van der Waals surface area contributed by atoms with Gasteiger partial charge in [0.25, 0.3) is 0 Å². The topological polar surface area (TPSA) is 57.6 Å². The molecule has 1 fully saturated rings. The van der Waals surface area contributed by atoms with Crippen LogP contribution in [-0.4, -0.2) is 35.0 Å². The molecule has 0 aromatic heterocycles. The first-order valence-electron chi connectivity index (χ1n) is 10.1. The minimum atomic E-state index is -0.903. The SMILES string of the molecule is CCCCCCCCCCC(C)C1CCCCN(CC(=O)O)C1=O. The Labute approximate surface area is 148 Å². The minimum absolute atomic E-state index is 0.0244. The molecule has 4 nitrogen and oxygen atoms in total. The van der Waals surface area contributed by atoms with Crippen LogP contribution in [0.2, 0.25) is 0 Å². The van der Waals surface area contributed by atoms with Crippen LogP contribution in [0.15, 0.2) is 0 Å². The zero-order valence-electron chi connectivity index (χ0n) is 15.8. The Morgan fingerprint density at radius 2 is 1.75 bits per heavy atom. The van der Waals surface area contributed by atoms with E-state index in [0.29, 0.717) is 12.5 Å². The number of amides is 1. The summed E-state index contributed by atoms with van der Waals surface area (Å²) >= 11 is 0. The van der Waals surface area contributed by atoms with E-state index >= 15 is 0 Å². The number of unbranched alkanes of at least 4 members (excludes halogenated alkanes) is 7. The van der Waals surface area contributed by atoms with Crippen molar-refractivity contribution in [2.75, 3.05) is 13.1 Å². The van der Waals surface area contributed by atoms with Crippen molar-refractivity contribution in [3.8, 4) is 0 Å². The maximum absolute atomic E-state index is 12.6. The lowest BCUT2D eigenvalue weighted by Gasteiger charge is -2.26. The van der Waals surface area contributed by atoms with Crippen LogP contribution in [-0.2, 0) is 9.59 Å². The summed E-state index contributed by atoms with van der Waals surface area (Å²) in [6, 6.07) is 0. The van der Waals surface area contributed by atoms with Crippen molar-refractivity contribution in [3.05, 3.63) is 0 Å². The second-order valence-corrected chi connectivity index (χ2v) is 7.50. The average molecular weight is 340 g/mol. The van der Waals surface area contributed by atoms with E-state index in [9.17, 15) is 9.59 Å². The van der Waals surface area contributed by atoms with Crippen LogP contribution >= 0.6 is 0 Å². The molecular formula is C20H37NO3. The molecule has 1 aliphatic heterocycles. The van der Waals surface area contributed by atoms with Gasteiger partial charge in [0.1, 0.15) is 6.54 Å². The summed E-state index contributed by atoms with van der Waals surface area (Å²) in [6.07, 6.45) is 14.4. The highest BCUT2D eigenvalue weighted by Crippen LogP contribution is 2.28. The molecule has 0 saturated carbocycles. The summed E-state index contributed by atoms with van der Waals surface area (Å²) in [5.41, 5.74) is 0. The van der Waals surface area contributed by atoms with Gasteiger partial charge in [-0.05, 0) is 25.2 Å². The lowest BCUT2D eigenvalue weighted by atomic mass is 9.85. The molecule has 0 radical (unpaired) electrons. The van der Waals surface area contributed by atoms with Crippen LogP contribution in [0.4, 0.5) is 0 Å². The van der Waals surface area contributed by atoms with Gasteiger partial charge in [-0.15, -0.1) is 0 Å². The highest BCUT2D eigenvalue weighted by Gasteiger charge is 2.31. The van der Waals surface area contributed by atoms with Crippen molar-refractivity contribution < 1.29 is 14.7 Å². The Morgan fingerprint density at radius 1 is 1.12 bits per heavy atom. The third-order valence-electron chi connectivity index (χ3n) is 5.35. The molecular weight excluding hydrogens is 302 g/mol. The normalized spacial score (nSPS) is 20.0. The molecule has 1 heterocycles. The summed E-state index contributed by atoms with van der Waals surface area (Å²) < 4.78 is 0. The summed E-state index contributed by atoms with van der Waals surface area (Å²) in [5, 5.41) is 8.98. The van der Waals surface area contributed by atoms with Gasteiger partial charge in [-0.1, -0.05) is 71.6 Å². The van der Waals surface area contributed by atoms with E-state index in [4.69, 9.17) is 5.11 Å². The zero-order chi connectivity index (χ0) is 17.8. The third kappa shape index (κ3) is 8.16. The molecule has 1 N–H and O–H groups in total. The van der Waals surface area contributed by atoms with E-state index in [-0.39, 0.29) is 18.4 Å². The fraction of sp³-hybridized carbons (Fsp3) is 0.900. The van der Waals surface area contributed by atoms with Crippen molar-refractivity contribution in [2.24, 2.45) is 11.8 Å². The third-order valence-corrected chi connectivity index (χ3v) is 5.35. The lowest BCUT2D eigenvalue weighted by molar-refractivity contribution is -0.146. The molecule has 0 aromatic rings. The Balaban J connectivity index is 2.27. The molecule has 1 saturated heterocycles. The lowest BCUT2D eigenvalue weighted by Crippen LogP contribution is -2.40. The number of carbonyl (C=O) groups is 2. The predicted octanol–water partition coefficient (Wildman–Crippen LogP) is 4.87. The number of carboxylic acid groups (broad SMARTS) is 1. The number of rotatable bonds is 12. The van der Waals surface area contributed by atoms with Crippen molar-refractivity contribution >= 4 is 11.9 Å². The molecule has 0 bridgehead atoms. The molecule has 140 valence electrons. The molecule has 0 aromatic carbocycles. The maximum Gasteiger partial charge on any atom is 0.323 e. The van der Waals surface area contributed by atoms with Gasteiger partial charge >= 0.3 is 5.97 Å². The molecule has 1 amide bonds. The summed E-state index contributed by atoms with van der Waals surface area (Å²) in [5.74, 6) is -0.440. The first kappa shape index (κ1) is 21.0. The van der Waals surface area contributed by atoms with E-state index in [2.05, 4.69) is 13.8 Å². The molecule has 0 aliphatic carbocycles. The highest BCUT2D eigenvalue weighted by atomic mass is 16.4. The molecule has 0 spiro atoms. The molecule has 2 atom stereocenters. The minimum Gasteiger partial charge on any atom is -0.480 e. The van der Waals surface area contributed by atoms with Crippen LogP contribution in [0.3, 0.4) is 0 Å². The smallest absolute Gasteiger partial charge is 0.323 e. The zero-order valence-corrected chi connectivity index (χ0v) is 15.8. The summed E-state index contributed by atoms with van der Waals surface area (Å²) in [6.45, 7) is 4.88. The van der Waals surface area contributed by atoms with Crippen LogP contribution in [0.1, 0.15) is 90.9 Å². The van der Waals surface area contributed by atoms with Crippen LogP contribution in [0.5, 0.6) is 0 Å². The fourth-order valence-corrected chi connectivity index (χ4v) is 3.78. The van der Waals surface area contributed by atoms with Gasteiger partial charge in [0.2, 0.25) is 5.91 Å². The van der Waals surface area contributed by atoms with Gasteiger partial charge < -0.3 is 10.0 Å². The molecule has 1 rings (SSSR count). The van der Waals surface area contributed by atoms with Crippen LogP contribution in [0, 0.1) is 11.8 Å². The van der Waals surface area contributed by atoms with Crippen molar-refractivity contribution in [1.82, 2.24) is 4.90 Å². The van der Waals surface area contributed by atoms with Gasteiger partial charge in [0, 0.05) is 12.5 Å². The Kier molecular flexibility index (Phi) is 10.8. The number of likely N-dealkylation sites (tertiary alicyclic amines) is 1. The van der Waals surface area contributed by atoms with Gasteiger partial charge in [-0.2, -0.15) is 0 Å². The number of aliphatic carboxylic acids is 1. The number of carboxylic acids is 1. The standard InChI is InChI=1S/C20H37NO3/c1-3-4-5-6-7-8-9-10-13-17(2)18-14-11-12-15-21(20(18)24)16-19(22)23/h17-18H,3-16H2,1-2H3,(H,22,23). The highest BCUT2D eigenvalue weighted by molar-refractivity contribution is 5.83. The van der Waals surface area contributed by atoms with E-state index in [1.807, 2.05) is 0 Å². The second kappa shape index (κ2) is 12.3. The van der Waals surface area contributed by atoms with Crippen molar-refractivity contribution in [2.45, 2.75) is 90.9 Å². The first-order valence-corrected chi connectivity index (χ1v) is 10.1. The fourth-order valence-electron chi connectivity index (χ4n) is 3.78. The number of carbonyl (C=O) groups excluding carboxylic acids is 1. The number of nitrogens with zero attached hydrogens (tertiary/aromatic N) is 1. The van der Waals surface area contributed by atoms with Crippen molar-refractivity contribution in [1.29, 1.82) is 0 Å². The Bertz CT molecular complexity index is 370. The van der Waals surface area contributed by atoms with Crippen LogP contribution < -0.4 is 0 Å². The largest absolute Gasteiger partial charge is 0.480 e. The maximum atomic E-state index is 12.6. The van der Waals surface area contributed by atoms with E-state index in [1.54, 1.807) is 4.90 Å². The quantitative estimate of drug-likeness (QED) is 0.516. The van der Waals surface area contributed by atoms with Gasteiger partial charge in [-0.3, -0.25) is 9.59 Å². The van der Waals surface area contributed by atoms with Gasteiger partial charge in [0.05, 0.1) is 0 Å². The number of hydrogen-bond acceptors (Lipinski definition) is 2. The number of hydrogen-bond donors (Lipinski definition) is 1. The van der Waals surface area contributed by atoms with E-state index in [1.165, 1.54) is 51.4 Å². The van der Waals surface area contributed by atoms with E-state index in [0.717, 1.165) is 25.7 Å². The average Bonchev–Trinajstić information content (AvgIpc) is 2.72. The van der Waals surface area contributed by atoms with Crippen LogP contribution in [0.25, 0.3) is 0 Å². The van der Waals surface area contributed by atoms with Crippen molar-refractivity contribution in [3.63, 3.8) is 0 Å². The first-order chi connectivity index (χ1) is 11.6. The Hall–Kier alpha value is -1.06. The second-order valence-electron chi connectivity index (χ2n) is 7.50. The van der Waals surface area contributed by atoms with E-state index < -0.39 is 5.97 Å². The van der Waals surface area contributed by atoms with Gasteiger partial charge in [-0.25, -0.2) is 0 Å².